The maximum Gasteiger partial charge on any atom is 0.385 e. The highest BCUT2D eigenvalue weighted by Gasteiger charge is 2.08. The maximum atomic E-state index is 10.1. The van der Waals surface area contributed by atoms with Crippen molar-refractivity contribution in [2.75, 3.05) is 0 Å². The number of hydrogen-bond acceptors (Lipinski definition) is 6. The average Bonchev–Trinajstić information content (AvgIpc) is 2.15. The number of nitro groups is 1. The normalized spacial score (nSPS) is 9.56. The standard InChI is InChI=1S/C6H4N3O2.H2O4S/c7-8-5-1-3-6(4-2-5)9(10)11;1-5(2,3)4/h1-4H;(H2,1,2,3,4)/q+1;/p-1. The molecule has 0 aliphatic heterocycles. The zero-order valence-electron chi connectivity index (χ0n) is 7.55. The summed E-state index contributed by atoms with van der Waals surface area (Å²) < 4.78 is 32.8. The van der Waals surface area contributed by atoms with E-state index in [1.54, 1.807) is 0 Å². The van der Waals surface area contributed by atoms with Crippen molar-refractivity contribution in [2.45, 2.75) is 0 Å². The summed E-state index contributed by atoms with van der Waals surface area (Å²) in [5.41, 5.74) is 0.285. The first-order chi connectivity index (χ1) is 7.24. The molecule has 16 heavy (non-hydrogen) atoms. The third kappa shape index (κ3) is 7.33. The summed E-state index contributed by atoms with van der Waals surface area (Å²) in [5.74, 6) is 0. The van der Waals surface area contributed by atoms with Crippen molar-refractivity contribution >= 4 is 21.8 Å². The zero-order valence-corrected chi connectivity index (χ0v) is 8.36. The van der Waals surface area contributed by atoms with E-state index in [0.717, 1.165) is 0 Å². The van der Waals surface area contributed by atoms with Crippen LogP contribution in [0.25, 0.3) is 4.98 Å². The second-order valence-electron chi connectivity index (χ2n) is 2.30. The van der Waals surface area contributed by atoms with Gasteiger partial charge in [0.25, 0.3) is 5.69 Å². The van der Waals surface area contributed by atoms with E-state index in [2.05, 4.69) is 4.98 Å². The van der Waals surface area contributed by atoms with Crippen LogP contribution in [-0.4, -0.2) is 22.4 Å². The molecule has 0 aliphatic rings. The molecule has 1 aromatic carbocycles. The van der Waals surface area contributed by atoms with Crippen LogP contribution >= 0.6 is 0 Å². The molecule has 1 aromatic rings. The van der Waals surface area contributed by atoms with Crippen molar-refractivity contribution in [1.29, 1.82) is 5.39 Å². The van der Waals surface area contributed by atoms with Crippen LogP contribution < -0.4 is 0 Å². The topological polar surface area (TPSA) is 149 Å². The Kier molecular flexibility index (Phi) is 4.96. The first kappa shape index (κ1) is 13.9. The molecule has 10 heteroatoms. The number of nitrogens with zero attached hydrogens (tertiary/aromatic N) is 3. The van der Waals surface area contributed by atoms with Gasteiger partial charge in [0.05, 0.1) is 4.92 Å². The second-order valence-corrected chi connectivity index (χ2v) is 3.16. The minimum absolute atomic E-state index is 0.0163. The van der Waals surface area contributed by atoms with Gasteiger partial charge in [0, 0.05) is 24.3 Å². The predicted octanol–water partition coefficient (Wildman–Crippen LogP) is 1.08. The van der Waals surface area contributed by atoms with Gasteiger partial charge in [-0.05, 0) is 0 Å². The molecule has 0 radical (unpaired) electrons. The Hall–Kier alpha value is -2.09. The Labute approximate surface area is 89.7 Å². The fourth-order valence-corrected chi connectivity index (χ4v) is 0.641. The Morgan fingerprint density at radius 2 is 1.69 bits per heavy atom. The molecular weight excluding hydrogens is 242 g/mol. The average molecular weight is 247 g/mol. The van der Waals surface area contributed by atoms with Crippen LogP contribution in [0.5, 0.6) is 0 Å². The van der Waals surface area contributed by atoms with E-state index in [1.807, 2.05) is 0 Å². The van der Waals surface area contributed by atoms with E-state index in [1.165, 1.54) is 24.3 Å². The maximum absolute atomic E-state index is 10.1. The van der Waals surface area contributed by atoms with E-state index >= 15 is 0 Å². The third-order valence-electron chi connectivity index (χ3n) is 1.18. The predicted molar refractivity (Wildman–Crippen MR) is 50.2 cm³/mol. The van der Waals surface area contributed by atoms with Crippen LogP contribution in [0.1, 0.15) is 0 Å². The minimum Gasteiger partial charge on any atom is -0.726 e. The molecule has 1 rings (SSSR count). The van der Waals surface area contributed by atoms with Gasteiger partial charge in [-0.25, -0.2) is 8.42 Å². The first-order valence-corrected chi connectivity index (χ1v) is 4.88. The Morgan fingerprint density at radius 1 is 1.31 bits per heavy atom. The highest BCUT2D eigenvalue weighted by atomic mass is 32.3. The summed E-state index contributed by atoms with van der Waals surface area (Å²) in [5, 5.41) is 18.3. The van der Waals surface area contributed by atoms with Crippen LogP contribution in [0.2, 0.25) is 0 Å². The van der Waals surface area contributed by atoms with Gasteiger partial charge in [0.1, 0.15) is 0 Å². The van der Waals surface area contributed by atoms with E-state index < -0.39 is 15.3 Å². The number of hydrogen-bond donors (Lipinski definition) is 1. The molecule has 86 valence electrons. The summed E-state index contributed by atoms with van der Waals surface area (Å²) in [4.78, 5) is 12.4. The minimum atomic E-state index is -4.92. The lowest BCUT2D eigenvalue weighted by Gasteiger charge is -1.88. The molecule has 0 heterocycles. The van der Waals surface area contributed by atoms with Gasteiger partial charge in [-0.3, -0.25) is 14.7 Å². The summed E-state index contributed by atoms with van der Waals surface area (Å²) in [6.07, 6.45) is 0. The molecule has 0 fully saturated rings. The smallest absolute Gasteiger partial charge is 0.385 e. The van der Waals surface area contributed by atoms with Crippen molar-refractivity contribution in [3.63, 3.8) is 0 Å². The van der Waals surface area contributed by atoms with Gasteiger partial charge in [-0.2, -0.15) is 0 Å². The van der Waals surface area contributed by atoms with Crippen molar-refractivity contribution < 1.29 is 22.4 Å². The fraction of sp³-hybridized carbons (Fsp3) is 0. The fourth-order valence-electron chi connectivity index (χ4n) is 0.641. The largest absolute Gasteiger partial charge is 0.726 e. The molecule has 0 spiro atoms. The second kappa shape index (κ2) is 5.71. The Bertz CT molecular complexity index is 494. The number of non-ortho nitro benzene ring substituents is 1. The molecule has 0 saturated heterocycles. The lowest BCUT2D eigenvalue weighted by Crippen LogP contribution is -1.90. The van der Waals surface area contributed by atoms with Crippen LogP contribution in [0.3, 0.4) is 0 Å². The molecule has 0 atom stereocenters. The zero-order chi connectivity index (χ0) is 12.8. The number of nitro benzene ring substituents is 1. The van der Waals surface area contributed by atoms with Gasteiger partial charge < -0.3 is 4.55 Å². The molecule has 0 amide bonds. The molecule has 1 N–H and O–H groups in total. The molecular formula is C6H5N3O6S. The summed E-state index contributed by atoms with van der Waals surface area (Å²) in [6, 6.07) is 5.26. The van der Waals surface area contributed by atoms with Gasteiger partial charge >= 0.3 is 5.69 Å². The number of diazo groups is 1. The van der Waals surface area contributed by atoms with Crippen LogP contribution in [-0.2, 0) is 10.4 Å². The molecule has 0 aromatic heterocycles. The van der Waals surface area contributed by atoms with Gasteiger partial charge in [0.15, 0.2) is 4.98 Å². The van der Waals surface area contributed by atoms with Crippen molar-refractivity contribution in [3.05, 3.63) is 39.4 Å². The lowest BCUT2D eigenvalue weighted by molar-refractivity contribution is -0.384. The Morgan fingerprint density at radius 3 is 1.94 bits per heavy atom. The molecule has 0 bridgehead atoms. The summed E-state index contributed by atoms with van der Waals surface area (Å²) in [6.45, 7) is 0. The van der Waals surface area contributed by atoms with E-state index in [4.69, 9.17) is 22.9 Å². The summed E-state index contributed by atoms with van der Waals surface area (Å²) >= 11 is 0. The van der Waals surface area contributed by atoms with Crippen LogP contribution in [0.15, 0.2) is 24.3 Å². The van der Waals surface area contributed by atoms with Gasteiger partial charge in [0.2, 0.25) is 15.8 Å². The highest BCUT2D eigenvalue weighted by molar-refractivity contribution is 7.79. The monoisotopic (exact) mass is 247 g/mol. The lowest BCUT2D eigenvalue weighted by atomic mass is 10.3. The molecule has 0 unspecified atom stereocenters. The first-order valence-electron chi connectivity index (χ1n) is 3.52. The van der Waals surface area contributed by atoms with Crippen LogP contribution in [0.4, 0.5) is 11.4 Å². The SMILES string of the molecule is N#[N+]c1ccc([N+](=O)[O-])cc1.O=S(=O)([O-])O. The van der Waals surface area contributed by atoms with Gasteiger partial charge in [-0.1, -0.05) is 0 Å². The molecule has 0 aliphatic carbocycles. The third-order valence-corrected chi connectivity index (χ3v) is 1.18. The van der Waals surface area contributed by atoms with Crippen molar-refractivity contribution in [2.24, 2.45) is 0 Å². The highest BCUT2D eigenvalue weighted by Crippen LogP contribution is 2.16. The van der Waals surface area contributed by atoms with E-state index in [-0.39, 0.29) is 5.69 Å². The quantitative estimate of drug-likeness (QED) is 0.256. The van der Waals surface area contributed by atoms with Gasteiger partial charge in [-0.15, -0.1) is 0 Å². The van der Waals surface area contributed by atoms with E-state index in [9.17, 15) is 10.1 Å². The van der Waals surface area contributed by atoms with Crippen molar-refractivity contribution in [3.8, 4) is 0 Å². The van der Waals surface area contributed by atoms with E-state index in [0.29, 0.717) is 5.69 Å². The van der Waals surface area contributed by atoms with Crippen LogP contribution in [0, 0.1) is 15.5 Å². The molecule has 9 nitrogen and oxygen atoms in total. The molecule has 0 saturated carbocycles. The Balaban J connectivity index is 0.000000385. The number of rotatable bonds is 1. The number of benzene rings is 1. The summed E-state index contributed by atoms with van der Waals surface area (Å²) in [7, 11) is -4.92. The van der Waals surface area contributed by atoms with Crippen molar-refractivity contribution in [1.82, 2.24) is 0 Å².